The third-order valence-corrected chi connectivity index (χ3v) is 3.73. The zero-order chi connectivity index (χ0) is 14.0. The second-order valence-electron chi connectivity index (χ2n) is 5.44. The molecule has 0 spiro atoms. The smallest absolute Gasteiger partial charge is 0.268 e. The van der Waals surface area contributed by atoms with Crippen molar-refractivity contribution < 1.29 is 9.53 Å². The number of methoxy groups -OCH3 is 1. The summed E-state index contributed by atoms with van der Waals surface area (Å²) < 4.78 is 7.30. The summed E-state index contributed by atoms with van der Waals surface area (Å²) in [5.74, 6) is -0.0700. The van der Waals surface area contributed by atoms with Crippen molar-refractivity contribution in [3.05, 3.63) is 18.0 Å². The van der Waals surface area contributed by atoms with Crippen LogP contribution in [0, 0.1) is 0 Å². The second kappa shape index (κ2) is 5.65. The van der Waals surface area contributed by atoms with Crippen LogP contribution in [0.25, 0.3) is 0 Å². The molecule has 1 fully saturated rings. The number of nitrogens with one attached hydrogen (secondary N) is 1. The van der Waals surface area contributed by atoms with Gasteiger partial charge in [-0.15, -0.1) is 0 Å². The molecule has 19 heavy (non-hydrogen) atoms. The molecule has 1 heterocycles. The zero-order valence-electron chi connectivity index (χ0n) is 11.8. The molecule has 0 aromatic carbocycles. The van der Waals surface area contributed by atoms with Gasteiger partial charge in [-0.05, 0) is 39.2 Å². The van der Waals surface area contributed by atoms with Crippen molar-refractivity contribution in [2.45, 2.75) is 51.3 Å². The summed E-state index contributed by atoms with van der Waals surface area (Å²) in [5, 5.41) is 3.06. The third-order valence-electron chi connectivity index (χ3n) is 3.73. The quantitative estimate of drug-likeness (QED) is 0.874. The maximum atomic E-state index is 12.4. The minimum absolute atomic E-state index is 0.0700. The lowest BCUT2D eigenvalue weighted by molar-refractivity contribution is 0.0716. The normalized spacial score (nSPS) is 22.9. The monoisotopic (exact) mass is 265 g/mol. The summed E-state index contributed by atoms with van der Waals surface area (Å²) in [7, 11) is 1.70. The first-order chi connectivity index (χ1) is 9.02. The lowest BCUT2D eigenvalue weighted by atomic mass is 10.2. The molecule has 5 heteroatoms. The average Bonchev–Trinajstić information content (AvgIpc) is 2.95. The van der Waals surface area contributed by atoms with Crippen molar-refractivity contribution in [3.8, 4) is 0 Å². The Morgan fingerprint density at radius 3 is 2.89 bits per heavy atom. The Kier molecular flexibility index (Phi) is 4.14. The van der Waals surface area contributed by atoms with Gasteiger partial charge in [0, 0.05) is 19.3 Å². The number of nitrogens with two attached hydrogens (primary N) is 1. The molecule has 1 saturated carbocycles. The van der Waals surface area contributed by atoms with Gasteiger partial charge in [0.15, 0.2) is 0 Å². The SMILES string of the molecule is COC1CCCC1NC(=O)c1cc(N)cn1C(C)C. The lowest BCUT2D eigenvalue weighted by Crippen LogP contribution is -2.41. The Morgan fingerprint density at radius 2 is 2.26 bits per heavy atom. The van der Waals surface area contributed by atoms with Crippen LogP contribution < -0.4 is 11.1 Å². The minimum Gasteiger partial charge on any atom is -0.397 e. The van der Waals surface area contributed by atoms with Crippen molar-refractivity contribution in [3.63, 3.8) is 0 Å². The van der Waals surface area contributed by atoms with Crippen molar-refractivity contribution in [2.75, 3.05) is 12.8 Å². The van der Waals surface area contributed by atoms with E-state index in [1.807, 2.05) is 24.6 Å². The average molecular weight is 265 g/mol. The molecule has 0 aliphatic heterocycles. The van der Waals surface area contributed by atoms with Gasteiger partial charge < -0.3 is 20.4 Å². The molecule has 0 radical (unpaired) electrons. The van der Waals surface area contributed by atoms with E-state index in [1.54, 1.807) is 13.2 Å². The van der Waals surface area contributed by atoms with Crippen LogP contribution in [0.15, 0.2) is 12.3 Å². The largest absolute Gasteiger partial charge is 0.397 e. The molecule has 106 valence electrons. The van der Waals surface area contributed by atoms with Gasteiger partial charge in [0.05, 0.1) is 17.8 Å². The maximum absolute atomic E-state index is 12.4. The van der Waals surface area contributed by atoms with Crippen molar-refractivity contribution in [1.29, 1.82) is 0 Å². The van der Waals surface area contributed by atoms with Gasteiger partial charge in [-0.1, -0.05) is 0 Å². The second-order valence-corrected chi connectivity index (χ2v) is 5.44. The van der Waals surface area contributed by atoms with Gasteiger partial charge in [-0.25, -0.2) is 0 Å². The third kappa shape index (κ3) is 2.92. The summed E-state index contributed by atoms with van der Waals surface area (Å²) in [6, 6.07) is 2.04. The Bertz CT molecular complexity index is 454. The minimum atomic E-state index is -0.0700. The highest BCUT2D eigenvalue weighted by Gasteiger charge is 2.29. The highest BCUT2D eigenvalue weighted by Crippen LogP contribution is 2.23. The molecule has 1 aliphatic carbocycles. The van der Waals surface area contributed by atoms with E-state index in [9.17, 15) is 4.79 Å². The van der Waals surface area contributed by atoms with E-state index in [2.05, 4.69) is 5.32 Å². The molecule has 3 N–H and O–H groups in total. The lowest BCUT2D eigenvalue weighted by Gasteiger charge is -2.20. The first kappa shape index (κ1) is 13.9. The molecule has 5 nitrogen and oxygen atoms in total. The van der Waals surface area contributed by atoms with Crippen LogP contribution in [0.2, 0.25) is 0 Å². The number of carbonyl (C=O) groups is 1. The number of ether oxygens (including phenoxy) is 1. The molecule has 1 amide bonds. The van der Waals surface area contributed by atoms with E-state index in [0.29, 0.717) is 11.4 Å². The van der Waals surface area contributed by atoms with E-state index >= 15 is 0 Å². The van der Waals surface area contributed by atoms with Crippen LogP contribution in [-0.4, -0.2) is 29.7 Å². The predicted molar refractivity (Wildman–Crippen MR) is 75.1 cm³/mol. The first-order valence-corrected chi connectivity index (χ1v) is 6.84. The summed E-state index contributed by atoms with van der Waals surface area (Å²) in [6.07, 6.45) is 5.01. The Morgan fingerprint density at radius 1 is 1.53 bits per heavy atom. The molecule has 0 saturated heterocycles. The fourth-order valence-electron chi connectivity index (χ4n) is 2.73. The maximum Gasteiger partial charge on any atom is 0.268 e. The topological polar surface area (TPSA) is 69.3 Å². The molecule has 0 bridgehead atoms. The summed E-state index contributed by atoms with van der Waals surface area (Å²) in [5.41, 5.74) is 7.03. The summed E-state index contributed by atoms with van der Waals surface area (Å²) in [6.45, 7) is 4.06. The van der Waals surface area contributed by atoms with Crippen molar-refractivity contribution >= 4 is 11.6 Å². The van der Waals surface area contributed by atoms with Crippen LogP contribution in [0.3, 0.4) is 0 Å². The van der Waals surface area contributed by atoms with E-state index < -0.39 is 0 Å². The number of hydrogen-bond acceptors (Lipinski definition) is 3. The Hall–Kier alpha value is -1.49. The van der Waals surface area contributed by atoms with Crippen molar-refractivity contribution in [1.82, 2.24) is 9.88 Å². The molecule has 2 unspecified atom stereocenters. The number of rotatable bonds is 4. The molecule has 1 aromatic rings. The van der Waals surface area contributed by atoms with Crippen LogP contribution >= 0.6 is 0 Å². The van der Waals surface area contributed by atoms with Crippen LogP contribution in [-0.2, 0) is 4.74 Å². The fraction of sp³-hybridized carbons (Fsp3) is 0.643. The van der Waals surface area contributed by atoms with Gasteiger partial charge >= 0.3 is 0 Å². The molecule has 1 aromatic heterocycles. The van der Waals surface area contributed by atoms with Crippen molar-refractivity contribution in [2.24, 2.45) is 0 Å². The van der Waals surface area contributed by atoms with E-state index in [-0.39, 0.29) is 24.1 Å². The number of carbonyl (C=O) groups excluding carboxylic acids is 1. The van der Waals surface area contributed by atoms with Gasteiger partial charge in [0.25, 0.3) is 5.91 Å². The fourth-order valence-corrected chi connectivity index (χ4v) is 2.73. The van der Waals surface area contributed by atoms with Gasteiger partial charge in [-0.2, -0.15) is 0 Å². The molecule has 2 atom stereocenters. The number of nitrogen functional groups attached to an aromatic ring is 1. The van der Waals surface area contributed by atoms with E-state index in [1.165, 1.54) is 0 Å². The van der Waals surface area contributed by atoms with Gasteiger partial charge in [-0.3, -0.25) is 4.79 Å². The summed E-state index contributed by atoms with van der Waals surface area (Å²) >= 11 is 0. The molecule has 2 rings (SSSR count). The highest BCUT2D eigenvalue weighted by atomic mass is 16.5. The number of hydrogen-bond donors (Lipinski definition) is 2. The highest BCUT2D eigenvalue weighted by molar-refractivity contribution is 5.94. The Balaban J connectivity index is 2.11. The standard InChI is InChI=1S/C14H23N3O2/c1-9(2)17-8-10(15)7-12(17)14(18)16-11-5-4-6-13(11)19-3/h7-9,11,13H,4-6,15H2,1-3H3,(H,16,18). The number of nitrogens with zero attached hydrogens (tertiary/aromatic N) is 1. The molecular formula is C14H23N3O2. The van der Waals surface area contributed by atoms with Crippen LogP contribution in [0.4, 0.5) is 5.69 Å². The van der Waals surface area contributed by atoms with Crippen LogP contribution in [0.1, 0.15) is 49.6 Å². The predicted octanol–water partition coefficient (Wildman–Crippen LogP) is 1.95. The summed E-state index contributed by atoms with van der Waals surface area (Å²) in [4.78, 5) is 12.4. The van der Waals surface area contributed by atoms with Crippen LogP contribution in [0.5, 0.6) is 0 Å². The van der Waals surface area contributed by atoms with E-state index in [4.69, 9.17) is 10.5 Å². The van der Waals surface area contributed by atoms with E-state index in [0.717, 1.165) is 19.3 Å². The van der Waals surface area contributed by atoms with Gasteiger partial charge in [0.2, 0.25) is 0 Å². The number of aromatic nitrogens is 1. The molecule has 1 aliphatic rings. The Labute approximate surface area is 114 Å². The number of anilines is 1. The number of amides is 1. The first-order valence-electron chi connectivity index (χ1n) is 6.84. The molecular weight excluding hydrogens is 242 g/mol. The van der Waals surface area contributed by atoms with Gasteiger partial charge in [0.1, 0.15) is 5.69 Å². The zero-order valence-corrected chi connectivity index (χ0v) is 11.8.